The molecular formula is C18H34IN. The van der Waals surface area contributed by atoms with Gasteiger partial charge in [0.15, 0.2) is 0 Å². The van der Waals surface area contributed by atoms with Gasteiger partial charge in [-0.15, -0.1) is 0 Å². The first-order valence-corrected chi connectivity index (χ1v) is 9.55. The van der Waals surface area contributed by atoms with Crippen molar-refractivity contribution in [3.63, 3.8) is 0 Å². The highest BCUT2D eigenvalue weighted by Crippen LogP contribution is 2.45. The summed E-state index contributed by atoms with van der Waals surface area (Å²) in [6, 6.07) is 0.659. The molecule has 1 rings (SSSR count). The minimum absolute atomic E-state index is 0.480. The van der Waals surface area contributed by atoms with Gasteiger partial charge < -0.3 is 5.32 Å². The molecule has 0 heterocycles. The van der Waals surface area contributed by atoms with Crippen LogP contribution in [0.1, 0.15) is 73.1 Å². The molecule has 0 aromatic carbocycles. The lowest BCUT2D eigenvalue weighted by Gasteiger charge is -2.45. The Labute approximate surface area is 140 Å². The Morgan fingerprint density at radius 1 is 1.35 bits per heavy atom. The van der Waals surface area contributed by atoms with Gasteiger partial charge in [-0.05, 0) is 70.8 Å². The molecular weight excluding hydrogens is 357 g/mol. The van der Waals surface area contributed by atoms with Crippen LogP contribution in [-0.4, -0.2) is 17.0 Å². The molecule has 1 aliphatic carbocycles. The lowest BCUT2D eigenvalue weighted by molar-refractivity contribution is 0.128. The van der Waals surface area contributed by atoms with Crippen molar-refractivity contribution in [3.05, 3.63) is 11.1 Å². The summed E-state index contributed by atoms with van der Waals surface area (Å²) >= 11 is 2.68. The molecule has 0 aromatic heterocycles. The van der Waals surface area contributed by atoms with E-state index >= 15 is 0 Å². The third-order valence-corrected chi connectivity index (χ3v) is 7.37. The monoisotopic (exact) mass is 391 g/mol. The topological polar surface area (TPSA) is 12.0 Å². The number of rotatable bonds is 6. The van der Waals surface area contributed by atoms with Gasteiger partial charge in [-0.2, -0.15) is 0 Å². The molecule has 1 saturated carbocycles. The standard InChI is InChI=1S/C18H34IN/c1-7-13(2)14(3)8-9-17(20-6)18(5)11-10-15(4)16(19)12-18/h15-17,20H,7-12H2,1-6H3/b14-13+/t15-,16?,17+,18?/m0/s1. The Morgan fingerprint density at radius 3 is 2.50 bits per heavy atom. The summed E-state index contributed by atoms with van der Waals surface area (Å²) in [5, 5.41) is 3.63. The molecule has 4 atom stereocenters. The maximum Gasteiger partial charge on any atom is 0.0141 e. The van der Waals surface area contributed by atoms with E-state index in [1.165, 1.54) is 38.5 Å². The first kappa shape index (κ1) is 18.5. The predicted molar refractivity (Wildman–Crippen MR) is 99.7 cm³/mol. The fourth-order valence-electron chi connectivity index (χ4n) is 3.52. The number of hydrogen-bond donors (Lipinski definition) is 1. The average molecular weight is 391 g/mol. The van der Waals surface area contributed by atoms with Gasteiger partial charge in [-0.1, -0.05) is 54.5 Å². The number of nitrogens with one attached hydrogen (secondary N) is 1. The van der Waals surface area contributed by atoms with Gasteiger partial charge in [-0.3, -0.25) is 0 Å². The second-order valence-corrected chi connectivity index (χ2v) is 8.78. The predicted octanol–water partition coefficient (Wildman–Crippen LogP) is 5.73. The summed E-state index contributed by atoms with van der Waals surface area (Å²) in [6.45, 7) is 11.8. The molecule has 0 bridgehead atoms. The zero-order valence-electron chi connectivity index (χ0n) is 14.4. The van der Waals surface area contributed by atoms with Crippen molar-refractivity contribution in [2.45, 2.75) is 83.1 Å². The minimum atomic E-state index is 0.480. The molecule has 0 radical (unpaired) electrons. The molecule has 0 amide bonds. The van der Waals surface area contributed by atoms with Crippen molar-refractivity contribution in [2.75, 3.05) is 7.05 Å². The fraction of sp³-hybridized carbons (Fsp3) is 0.889. The molecule has 0 spiro atoms. The fourth-order valence-corrected chi connectivity index (χ4v) is 4.89. The van der Waals surface area contributed by atoms with E-state index in [-0.39, 0.29) is 0 Å². The van der Waals surface area contributed by atoms with Crippen LogP contribution in [0.25, 0.3) is 0 Å². The maximum atomic E-state index is 3.63. The highest BCUT2D eigenvalue weighted by molar-refractivity contribution is 14.1. The summed E-state index contributed by atoms with van der Waals surface area (Å²) < 4.78 is 0.844. The molecule has 1 N–H and O–H groups in total. The highest BCUT2D eigenvalue weighted by atomic mass is 127. The van der Waals surface area contributed by atoms with Crippen molar-refractivity contribution in [2.24, 2.45) is 11.3 Å². The Balaban J connectivity index is 2.66. The Bertz CT molecular complexity index is 336. The van der Waals surface area contributed by atoms with Gasteiger partial charge in [0.1, 0.15) is 0 Å². The number of halogens is 1. The van der Waals surface area contributed by atoms with E-state index in [2.05, 4.69) is 69.6 Å². The van der Waals surface area contributed by atoms with E-state index in [4.69, 9.17) is 0 Å². The van der Waals surface area contributed by atoms with E-state index in [1.54, 1.807) is 11.1 Å². The molecule has 2 unspecified atom stereocenters. The van der Waals surface area contributed by atoms with Crippen LogP contribution in [0.5, 0.6) is 0 Å². The van der Waals surface area contributed by atoms with Crippen LogP contribution < -0.4 is 5.32 Å². The Hall–Kier alpha value is 0.430. The van der Waals surface area contributed by atoms with Crippen LogP contribution in [0.15, 0.2) is 11.1 Å². The lowest BCUT2D eigenvalue weighted by Crippen LogP contribution is -2.46. The zero-order chi connectivity index (χ0) is 15.3. The molecule has 1 aliphatic rings. The van der Waals surface area contributed by atoms with Crippen LogP contribution in [0, 0.1) is 11.3 Å². The van der Waals surface area contributed by atoms with E-state index in [0.29, 0.717) is 11.5 Å². The first-order chi connectivity index (χ1) is 9.34. The highest BCUT2D eigenvalue weighted by Gasteiger charge is 2.39. The molecule has 0 saturated heterocycles. The van der Waals surface area contributed by atoms with Gasteiger partial charge in [0.05, 0.1) is 0 Å². The maximum absolute atomic E-state index is 3.63. The van der Waals surface area contributed by atoms with Gasteiger partial charge in [0.25, 0.3) is 0 Å². The van der Waals surface area contributed by atoms with E-state index in [0.717, 1.165) is 9.84 Å². The summed E-state index contributed by atoms with van der Waals surface area (Å²) in [5.41, 5.74) is 3.66. The number of hydrogen-bond acceptors (Lipinski definition) is 1. The number of allylic oxidation sites excluding steroid dienone is 2. The minimum Gasteiger partial charge on any atom is -0.316 e. The van der Waals surface area contributed by atoms with Crippen molar-refractivity contribution in [1.82, 2.24) is 5.32 Å². The zero-order valence-corrected chi connectivity index (χ0v) is 16.5. The Kier molecular flexibility index (Phi) is 7.54. The van der Waals surface area contributed by atoms with Crippen molar-refractivity contribution < 1.29 is 0 Å². The molecule has 0 aliphatic heterocycles. The van der Waals surface area contributed by atoms with E-state index in [1.807, 2.05) is 0 Å². The number of alkyl halides is 1. The second kappa shape index (κ2) is 8.17. The van der Waals surface area contributed by atoms with E-state index < -0.39 is 0 Å². The van der Waals surface area contributed by atoms with Crippen LogP contribution in [0.2, 0.25) is 0 Å². The normalized spacial score (nSPS) is 33.8. The third-order valence-electron chi connectivity index (χ3n) is 5.71. The smallest absolute Gasteiger partial charge is 0.0141 e. The molecule has 1 nitrogen and oxygen atoms in total. The summed E-state index contributed by atoms with van der Waals surface area (Å²) in [4.78, 5) is 0. The molecule has 2 heteroatoms. The van der Waals surface area contributed by atoms with Crippen molar-refractivity contribution >= 4 is 22.6 Å². The van der Waals surface area contributed by atoms with Gasteiger partial charge >= 0.3 is 0 Å². The van der Waals surface area contributed by atoms with Crippen molar-refractivity contribution in [3.8, 4) is 0 Å². The molecule has 0 aromatic rings. The molecule has 20 heavy (non-hydrogen) atoms. The Morgan fingerprint density at radius 2 is 2.00 bits per heavy atom. The SMILES string of the molecule is CC/C(C)=C(\C)CC[C@@H](NC)C1(C)CC[C@H](C)C(I)C1. The van der Waals surface area contributed by atoms with E-state index in [9.17, 15) is 0 Å². The van der Waals surface area contributed by atoms with Crippen LogP contribution >= 0.6 is 22.6 Å². The first-order valence-electron chi connectivity index (χ1n) is 8.30. The largest absolute Gasteiger partial charge is 0.316 e. The summed E-state index contributed by atoms with van der Waals surface area (Å²) in [5.74, 6) is 0.894. The summed E-state index contributed by atoms with van der Waals surface area (Å²) in [7, 11) is 2.15. The summed E-state index contributed by atoms with van der Waals surface area (Å²) in [6.07, 6.45) is 7.88. The van der Waals surface area contributed by atoms with Gasteiger partial charge in [0, 0.05) is 9.97 Å². The van der Waals surface area contributed by atoms with Crippen molar-refractivity contribution in [1.29, 1.82) is 0 Å². The van der Waals surface area contributed by atoms with Crippen LogP contribution in [-0.2, 0) is 0 Å². The van der Waals surface area contributed by atoms with Crippen LogP contribution in [0.4, 0.5) is 0 Å². The second-order valence-electron chi connectivity index (χ2n) is 7.18. The molecule has 118 valence electrons. The third kappa shape index (κ3) is 4.72. The van der Waals surface area contributed by atoms with Gasteiger partial charge in [-0.25, -0.2) is 0 Å². The average Bonchev–Trinajstić information content (AvgIpc) is 2.42. The quantitative estimate of drug-likeness (QED) is 0.346. The molecule has 1 fully saturated rings. The lowest BCUT2D eigenvalue weighted by atomic mass is 9.66. The van der Waals surface area contributed by atoms with Crippen LogP contribution in [0.3, 0.4) is 0 Å². The van der Waals surface area contributed by atoms with Gasteiger partial charge in [0.2, 0.25) is 0 Å².